The molecule has 0 N–H and O–H groups in total. The Hall–Kier alpha value is -3.54. The topological polar surface area (TPSA) is 54.9 Å². The van der Waals surface area contributed by atoms with Crippen molar-refractivity contribution in [1.29, 1.82) is 0 Å². The Morgan fingerprint density at radius 2 is 1.47 bits per heavy atom. The van der Waals surface area contributed by atoms with E-state index in [-0.39, 0.29) is 12.5 Å². The van der Waals surface area contributed by atoms with Crippen molar-refractivity contribution in [1.82, 2.24) is 9.88 Å². The molecule has 4 rings (SSSR count). The minimum Gasteiger partial charge on any atom is -0.489 e. The fourth-order valence-electron chi connectivity index (χ4n) is 3.34. The Kier molecular flexibility index (Phi) is 6.44. The first-order chi connectivity index (χ1) is 14.8. The number of nitrogens with zero attached hydrogens (tertiary/aromatic N) is 3. The Labute approximate surface area is 176 Å². The molecular weight excluding hydrogens is 378 g/mol. The van der Waals surface area contributed by atoms with E-state index >= 15 is 0 Å². The van der Waals surface area contributed by atoms with Gasteiger partial charge in [0, 0.05) is 32.4 Å². The molecule has 6 nitrogen and oxygen atoms in total. The van der Waals surface area contributed by atoms with Gasteiger partial charge in [-0.25, -0.2) is 4.98 Å². The molecule has 0 aliphatic carbocycles. The van der Waals surface area contributed by atoms with Crippen LogP contribution in [0.3, 0.4) is 0 Å². The molecule has 0 saturated carbocycles. The first-order valence-corrected chi connectivity index (χ1v) is 10.1. The summed E-state index contributed by atoms with van der Waals surface area (Å²) in [5, 5.41) is 0. The largest absolute Gasteiger partial charge is 0.489 e. The number of pyridine rings is 1. The maximum Gasteiger partial charge on any atom is 0.260 e. The monoisotopic (exact) mass is 403 g/mol. The van der Waals surface area contributed by atoms with Gasteiger partial charge >= 0.3 is 0 Å². The summed E-state index contributed by atoms with van der Waals surface area (Å²) in [6.07, 6.45) is 1.79. The third-order valence-electron chi connectivity index (χ3n) is 5.04. The van der Waals surface area contributed by atoms with Gasteiger partial charge in [-0.05, 0) is 42.0 Å². The second-order valence-electron chi connectivity index (χ2n) is 7.09. The van der Waals surface area contributed by atoms with Gasteiger partial charge in [-0.1, -0.05) is 36.4 Å². The van der Waals surface area contributed by atoms with Crippen LogP contribution in [0.25, 0.3) is 0 Å². The van der Waals surface area contributed by atoms with Crippen molar-refractivity contribution < 1.29 is 14.3 Å². The number of piperazine rings is 1. The molecule has 0 atom stereocenters. The average Bonchev–Trinajstić information content (AvgIpc) is 2.83. The molecule has 6 heteroatoms. The van der Waals surface area contributed by atoms with Crippen LogP contribution in [0.2, 0.25) is 0 Å². The molecule has 0 unspecified atom stereocenters. The van der Waals surface area contributed by atoms with Gasteiger partial charge in [0.2, 0.25) is 0 Å². The molecule has 2 heterocycles. The van der Waals surface area contributed by atoms with Gasteiger partial charge in [-0.3, -0.25) is 4.79 Å². The molecule has 2 aromatic carbocycles. The molecule has 1 amide bonds. The Morgan fingerprint density at radius 1 is 0.800 bits per heavy atom. The molecule has 1 aromatic heterocycles. The molecule has 30 heavy (non-hydrogen) atoms. The average molecular weight is 403 g/mol. The van der Waals surface area contributed by atoms with Crippen molar-refractivity contribution in [3.05, 3.63) is 84.6 Å². The summed E-state index contributed by atoms with van der Waals surface area (Å²) < 4.78 is 11.5. The molecule has 154 valence electrons. The summed E-state index contributed by atoms with van der Waals surface area (Å²) in [5.41, 5.74) is 1.12. The highest BCUT2D eigenvalue weighted by atomic mass is 16.5. The maximum absolute atomic E-state index is 12.5. The molecule has 1 fully saturated rings. The van der Waals surface area contributed by atoms with Gasteiger partial charge < -0.3 is 19.3 Å². The van der Waals surface area contributed by atoms with Crippen molar-refractivity contribution >= 4 is 11.7 Å². The molecular formula is C24H25N3O3. The Balaban J connectivity index is 1.20. The van der Waals surface area contributed by atoms with E-state index in [4.69, 9.17) is 9.47 Å². The van der Waals surface area contributed by atoms with Crippen molar-refractivity contribution in [2.24, 2.45) is 0 Å². The van der Waals surface area contributed by atoms with E-state index in [0.717, 1.165) is 30.2 Å². The lowest BCUT2D eigenvalue weighted by Crippen LogP contribution is -2.50. The van der Waals surface area contributed by atoms with Crippen molar-refractivity contribution in [3.63, 3.8) is 0 Å². The molecule has 1 aliphatic rings. The number of amides is 1. The van der Waals surface area contributed by atoms with E-state index in [9.17, 15) is 4.79 Å². The van der Waals surface area contributed by atoms with E-state index in [1.54, 1.807) is 6.20 Å². The standard InChI is InChI=1S/C24H25N3O3/c28-24(27-16-14-26(15-17-27)23-8-4-5-13-25-23)19-30-22-11-9-21(10-12-22)29-18-20-6-2-1-3-7-20/h1-13H,14-19H2. The van der Waals surface area contributed by atoms with E-state index in [1.807, 2.05) is 77.7 Å². The van der Waals surface area contributed by atoms with E-state index in [2.05, 4.69) is 9.88 Å². The second-order valence-corrected chi connectivity index (χ2v) is 7.09. The molecule has 0 bridgehead atoms. The van der Waals surface area contributed by atoms with Crippen LogP contribution in [0.5, 0.6) is 11.5 Å². The van der Waals surface area contributed by atoms with E-state index < -0.39 is 0 Å². The lowest BCUT2D eigenvalue weighted by atomic mass is 10.2. The predicted molar refractivity (Wildman–Crippen MR) is 116 cm³/mol. The van der Waals surface area contributed by atoms with Gasteiger partial charge in [0.15, 0.2) is 6.61 Å². The highest BCUT2D eigenvalue weighted by Gasteiger charge is 2.22. The van der Waals surface area contributed by atoms with E-state index in [0.29, 0.717) is 25.4 Å². The van der Waals surface area contributed by atoms with Crippen LogP contribution in [0.1, 0.15) is 5.56 Å². The SMILES string of the molecule is O=C(COc1ccc(OCc2ccccc2)cc1)N1CCN(c2ccccn2)CC1. The fraction of sp³-hybridized carbons (Fsp3) is 0.250. The van der Waals surface area contributed by atoms with Gasteiger partial charge in [-0.2, -0.15) is 0 Å². The lowest BCUT2D eigenvalue weighted by Gasteiger charge is -2.35. The van der Waals surface area contributed by atoms with Crippen molar-refractivity contribution in [2.45, 2.75) is 6.61 Å². The van der Waals surface area contributed by atoms with Crippen LogP contribution < -0.4 is 14.4 Å². The minimum atomic E-state index is 0.0000694. The smallest absolute Gasteiger partial charge is 0.260 e. The number of hydrogen-bond acceptors (Lipinski definition) is 5. The summed E-state index contributed by atoms with van der Waals surface area (Å²) in [5.74, 6) is 2.38. The number of carbonyl (C=O) groups is 1. The summed E-state index contributed by atoms with van der Waals surface area (Å²) in [6, 6.07) is 23.3. The summed E-state index contributed by atoms with van der Waals surface area (Å²) >= 11 is 0. The third kappa shape index (κ3) is 5.29. The Bertz CT molecular complexity index is 925. The third-order valence-corrected chi connectivity index (χ3v) is 5.04. The minimum absolute atomic E-state index is 0.0000694. The number of benzene rings is 2. The zero-order valence-electron chi connectivity index (χ0n) is 16.8. The summed E-state index contributed by atoms with van der Waals surface area (Å²) in [7, 11) is 0. The number of ether oxygens (including phenoxy) is 2. The highest BCUT2D eigenvalue weighted by Crippen LogP contribution is 2.19. The normalized spacial score (nSPS) is 13.7. The van der Waals surface area contributed by atoms with Gasteiger partial charge in [-0.15, -0.1) is 0 Å². The Morgan fingerprint density at radius 3 is 2.13 bits per heavy atom. The second kappa shape index (κ2) is 9.78. The number of carbonyl (C=O) groups excluding carboxylic acids is 1. The van der Waals surface area contributed by atoms with Crippen LogP contribution >= 0.6 is 0 Å². The number of aromatic nitrogens is 1. The summed E-state index contributed by atoms with van der Waals surface area (Å²) in [6.45, 7) is 3.44. The lowest BCUT2D eigenvalue weighted by molar-refractivity contribution is -0.133. The van der Waals surface area contributed by atoms with Crippen LogP contribution in [0, 0.1) is 0 Å². The first-order valence-electron chi connectivity index (χ1n) is 10.1. The maximum atomic E-state index is 12.5. The quantitative estimate of drug-likeness (QED) is 0.605. The van der Waals surface area contributed by atoms with Crippen molar-refractivity contribution in [2.75, 3.05) is 37.7 Å². The molecule has 1 aliphatic heterocycles. The van der Waals surface area contributed by atoms with Gasteiger partial charge in [0.05, 0.1) is 0 Å². The molecule has 1 saturated heterocycles. The van der Waals surface area contributed by atoms with Crippen LogP contribution in [-0.2, 0) is 11.4 Å². The van der Waals surface area contributed by atoms with Crippen LogP contribution in [-0.4, -0.2) is 48.6 Å². The summed E-state index contributed by atoms with van der Waals surface area (Å²) in [4.78, 5) is 20.9. The number of hydrogen-bond donors (Lipinski definition) is 0. The molecule has 3 aromatic rings. The number of rotatable bonds is 7. The highest BCUT2D eigenvalue weighted by molar-refractivity contribution is 5.78. The zero-order valence-corrected chi connectivity index (χ0v) is 16.8. The fourth-order valence-corrected chi connectivity index (χ4v) is 3.34. The predicted octanol–water partition coefficient (Wildman–Crippen LogP) is 3.39. The molecule has 0 spiro atoms. The van der Waals surface area contributed by atoms with Gasteiger partial charge in [0.1, 0.15) is 23.9 Å². The zero-order chi connectivity index (χ0) is 20.6. The van der Waals surface area contributed by atoms with Crippen LogP contribution in [0.15, 0.2) is 79.0 Å². The van der Waals surface area contributed by atoms with E-state index in [1.165, 1.54) is 0 Å². The van der Waals surface area contributed by atoms with Gasteiger partial charge in [0.25, 0.3) is 5.91 Å². The van der Waals surface area contributed by atoms with Crippen molar-refractivity contribution in [3.8, 4) is 11.5 Å². The first kappa shape index (κ1) is 19.8. The van der Waals surface area contributed by atoms with Crippen LogP contribution in [0.4, 0.5) is 5.82 Å². The molecule has 0 radical (unpaired) electrons. The number of anilines is 1.